The second-order valence-corrected chi connectivity index (χ2v) is 7.35. The molecule has 2 heterocycles. The number of nitriles is 1. The highest BCUT2D eigenvalue weighted by atomic mass is 16.2. The highest BCUT2D eigenvalue weighted by molar-refractivity contribution is 5.51. The van der Waals surface area contributed by atoms with Gasteiger partial charge < -0.3 is 5.32 Å². The van der Waals surface area contributed by atoms with Gasteiger partial charge in [-0.1, -0.05) is 37.1 Å². The topological polar surface area (TPSA) is 83.1 Å². The zero-order valence-electron chi connectivity index (χ0n) is 16.6. The van der Waals surface area contributed by atoms with Crippen molar-refractivity contribution in [2.24, 2.45) is 14.1 Å². The number of rotatable bonds is 5. The van der Waals surface area contributed by atoms with Gasteiger partial charge in [0.1, 0.15) is 11.9 Å². The maximum atomic E-state index is 12.2. The van der Waals surface area contributed by atoms with Gasteiger partial charge in [-0.3, -0.25) is 18.8 Å². The maximum Gasteiger partial charge on any atom is 0.332 e. The molecule has 1 aliphatic heterocycles. The van der Waals surface area contributed by atoms with E-state index in [2.05, 4.69) is 16.3 Å². The van der Waals surface area contributed by atoms with Crippen LogP contribution in [0.25, 0.3) is 0 Å². The fourth-order valence-corrected chi connectivity index (χ4v) is 3.75. The summed E-state index contributed by atoms with van der Waals surface area (Å²) < 4.78 is 2.27. The predicted molar refractivity (Wildman–Crippen MR) is 109 cm³/mol. The van der Waals surface area contributed by atoms with Gasteiger partial charge in [0.15, 0.2) is 5.56 Å². The van der Waals surface area contributed by atoms with Crippen LogP contribution in [-0.2, 0) is 27.2 Å². The van der Waals surface area contributed by atoms with Crippen molar-refractivity contribution in [2.75, 3.05) is 18.4 Å². The molecule has 0 spiro atoms. The number of benzene rings is 1. The molecule has 0 atom stereocenters. The summed E-state index contributed by atoms with van der Waals surface area (Å²) in [5.41, 5.74) is 1.25. The molecule has 1 aromatic heterocycles. The molecule has 0 aliphatic carbocycles. The Hall–Kier alpha value is -2.85. The van der Waals surface area contributed by atoms with Gasteiger partial charge in [0, 0.05) is 27.2 Å². The monoisotopic (exact) mass is 381 g/mol. The summed E-state index contributed by atoms with van der Waals surface area (Å²) in [5, 5.41) is 12.6. The van der Waals surface area contributed by atoms with Gasteiger partial charge in [0.05, 0.1) is 0 Å². The van der Waals surface area contributed by atoms with Gasteiger partial charge >= 0.3 is 5.69 Å². The molecule has 1 saturated heterocycles. The average molecular weight is 381 g/mol. The summed E-state index contributed by atoms with van der Waals surface area (Å²) in [4.78, 5) is 27.0. The van der Waals surface area contributed by atoms with E-state index in [4.69, 9.17) is 0 Å². The lowest BCUT2D eigenvalue weighted by Gasteiger charge is -2.22. The van der Waals surface area contributed by atoms with E-state index in [-0.39, 0.29) is 11.4 Å². The van der Waals surface area contributed by atoms with Crippen molar-refractivity contribution < 1.29 is 0 Å². The van der Waals surface area contributed by atoms with Crippen LogP contribution in [0, 0.1) is 11.3 Å². The average Bonchev–Trinajstić information content (AvgIpc) is 2.98. The summed E-state index contributed by atoms with van der Waals surface area (Å²) in [5.74, 6) is 0.264. The molecule has 0 bridgehead atoms. The third-order valence-corrected chi connectivity index (χ3v) is 5.43. The third-order valence-electron chi connectivity index (χ3n) is 5.43. The SMILES string of the molecule is Cn1c(NCc2ccccc2CN2CCCCCC2)c(C#N)c(=O)n(C)c1=O. The molecule has 2 aromatic rings. The van der Waals surface area contributed by atoms with E-state index in [0.717, 1.165) is 29.8 Å². The van der Waals surface area contributed by atoms with Crippen LogP contribution in [-0.4, -0.2) is 27.1 Å². The van der Waals surface area contributed by atoms with E-state index >= 15 is 0 Å². The van der Waals surface area contributed by atoms with Crippen molar-refractivity contribution >= 4 is 5.82 Å². The molecule has 3 rings (SSSR count). The van der Waals surface area contributed by atoms with Crippen LogP contribution < -0.4 is 16.6 Å². The molecular weight excluding hydrogens is 354 g/mol. The molecule has 0 saturated carbocycles. The van der Waals surface area contributed by atoms with Gasteiger partial charge in [0.2, 0.25) is 0 Å². The molecule has 7 nitrogen and oxygen atoms in total. The summed E-state index contributed by atoms with van der Waals surface area (Å²) in [6.07, 6.45) is 5.07. The Morgan fingerprint density at radius 2 is 1.64 bits per heavy atom. The molecule has 1 fully saturated rings. The van der Waals surface area contributed by atoms with E-state index in [1.165, 1.54) is 42.9 Å². The van der Waals surface area contributed by atoms with E-state index in [9.17, 15) is 14.9 Å². The van der Waals surface area contributed by atoms with Gasteiger partial charge in [-0.15, -0.1) is 0 Å². The molecule has 28 heavy (non-hydrogen) atoms. The minimum atomic E-state index is -0.578. The Bertz CT molecular complexity index is 991. The Kier molecular flexibility index (Phi) is 6.32. The van der Waals surface area contributed by atoms with Crippen LogP contribution >= 0.6 is 0 Å². The first kappa shape index (κ1) is 19.9. The standard InChI is InChI=1S/C21H27N5O2/c1-24-19(18(13-22)20(27)25(2)21(24)28)23-14-16-9-5-6-10-17(16)15-26-11-7-3-4-8-12-26/h5-6,9-10,23H,3-4,7-8,11-12,14-15H2,1-2H3. The fraction of sp³-hybridized carbons (Fsp3) is 0.476. The zero-order chi connectivity index (χ0) is 20.1. The van der Waals surface area contributed by atoms with Gasteiger partial charge in [-0.25, -0.2) is 4.79 Å². The quantitative estimate of drug-likeness (QED) is 0.856. The van der Waals surface area contributed by atoms with Crippen LogP contribution in [0.15, 0.2) is 33.9 Å². The zero-order valence-corrected chi connectivity index (χ0v) is 16.6. The van der Waals surface area contributed by atoms with Crippen molar-refractivity contribution in [3.8, 4) is 6.07 Å². The van der Waals surface area contributed by atoms with E-state index in [0.29, 0.717) is 6.54 Å². The van der Waals surface area contributed by atoms with Crippen LogP contribution in [0.3, 0.4) is 0 Å². The van der Waals surface area contributed by atoms with Crippen molar-refractivity contribution in [3.63, 3.8) is 0 Å². The molecule has 0 amide bonds. The summed E-state index contributed by atoms with van der Waals surface area (Å²) in [6, 6.07) is 10.1. The summed E-state index contributed by atoms with van der Waals surface area (Å²) in [6.45, 7) is 3.56. The second-order valence-electron chi connectivity index (χ2n) is 7.35. The van der Waals surface area contributed by atoms with E-state index in [1.807, 2.05) is 24.3 Å². The maximum absolute atomic E-state index is 12.2. The molecule has 0 radical (unpaired) electrons. The van der Waals surface area contributed by atoms with Gasteiger partial charge in [-0.2, -0.15) is 5.26 Å². The van der Waals surface area contributed by atoms with Crippen molar-refractivity contribution in [3.05, 3.63) is 61.8 Å². The van der Waals surface area contributed by atoms with Crippen molar-refractivity contribution in [2.45, 2.75) is 38.8 Å². The normalized spacial score (nSPS) is 15.0. The van der Waals surface area contributed by atoms with Crippen molar-refractivity contribution in [1.82, 2.24) is 14.0 Å². The van der Waals surface area contributed by atoms with Crippen molar-refractivity contribution in [1.29, 1.82) is 5.26 Å². The number of aromatic nitrogens is 2. The van der Waals surface area contributed by atoms with Crippen LogP contribution in [0.4, 0.5) is 5.82 Å². The smallest absolute Gasteiger partial charge is 0.332 e. The van der Waals surface area contributed by atoms with E-state index in [1.54, 1.807) is 7.05 Å². The second kappa shape index (κ2) is 8.89. The molecule has 1 aliphatic rings. The lowest BCUT2D eigenvalue weighted by molar-refractivity contribution is 0.276. The predicted octanol–water partition coefficient (Wildman–Crippen LogP) is 1.94. The Labute approximate surface area is 164 Å². The Balaban J connectivity index is 1.84. The first-order chi connectivity index (χ1) is 13.5. The number of likely N-dealkylation sites (tertiary alicyclic amines) is 1. The Morgan fingerprint density at radius 3 is 2.29 bits per heavy atom. The fourth-order valence-electron chi connectivity index (χ4n) is 3.75. The van der Waals surface area contributed by atoms with Gasteiger partial charge in [0.25, 0.3) is 5.56 Å². The lowest BCUT2D eigenvalue weighted by atomic mass is 10.1. The molecule has 1 N–H and O–H groups in total. The first-order valence-electron chi connectivity index (χ1n) is 9.76. The minimum Gasteiger partial charge on any atom is -0.366 e. The first-order valence-corrected chi connectivity index (χ1v) is 9.76. The highest BCUT2D eigenvalue weighted by Gasteiger charge is 2.16. The number of nitrogens with zero attached hydrogens (tertiary/aromatic N) is 4. The van der Waals surface area contributed by atoms with E-state index < -0.39 is 11.2 Å². The summed E-state index contributed by atoms with van der Waals surface area (Å²) in [7, 11) is 2.94. The molecule has 148 valence electrons. The Morgan fingerprint density at radius 1 is 1.00 bits per heavy atom. The third kappa shape index (κ3) is 4.18. The number of hydrogen-bond donors (Lipinski definition) is 1. The number of nitrogens with one attached hydrogen (secondary N) is 1. The molecule has 0 unspecified atom stereocenters. The van der Waals surface area contributed by atoms with Crippen LogP contribution in [0.5, 0.6) is 0 Å². The lowest BCUT2D eigenvalue weighted by Crippen LogP contribution is -2.39. The molecule has 1 aromatic carbocycles. The van der Waals surface area contributed by atoms with Crippen LogP contribution in [0.1, 0.15) is 42.4 Å². The molecule has 7 heteroatoms. The largest absolute Gasteiger partial charge is 0.366 e. The summed E-state index contributed by atoms with van der Waals surface area (Å²) >= 11 is 0. The van der Waals surface area contributed by atoms with Crippen LogP contribution in [0.2, 0.25) is 0 Å². The number of hydrogen-bond acceptors (Lipinski definition) is 5. The molecular formula is C21H27N5O2. The van der Waals surface area contributed by atoms with Gasteiger partial charge in [-0.05, 0) is 37.1 Å². The highest BCUT2D eigenvalue weighted by Crippen LogP contribution is 2.18. The number of anilines is 1. The minimum absolute atomic E-state index is 0.0467.